The van der Waals surface area contributed by atoms with Crippen LogP contribution in [-0.2, 0) is 14.3 Å². The van der Waals surface area contributed by atoms with Gasteiger partial charge in [0.15, 0.2) is 0 Å². The van der Waals surface area contributed by atoms with Gasteiger partial charge in [0.25, 0.3) is 0 Å². The van der Waals surface area contributed by atoms with E-state index in [1.54, 1.807) is 14.2 Å². The summed E-state index contributed by atoms with van der Waals surface area (Å²) in [5.74, 6) is -0.844. The molecule has 0 aliphatic heterocycles. The number of carboxylic acid groups (broad SMARTS) is 1. The summed E-state index contributed by atoms with van der Waals surface area (Å²) < 4.78 is 10.6. The molecule has 1 unspecified atom stereocenters. The molecule has 0 rings (SSSR count). The molecule has 0 saturated carbocycles. The molecule has 0 aliphatic rings. The van der Waals surface area contributed by atoms with Crippen molar-refractivity contribution in [2.45, 2.75) is 38.3 Å². The Bertz CT molecular complexity index is 206. The Morgan fingerprint density at radius 3 is 2.50 bits per heavy atom. The van der Waals surface area contributed by atoms with Gasteiger partial charge in [0.1, 0.15) is 6.04 Å². The molecule has 0 aliphatic carbocycles. The minimum absolute atomic E-state index is 0.185. The van der Waals surface area contributed by atoms with E-state index < -0.39 is 12.0 Å². The van der Waals surface area contributed by atoms with Gasteiger partial charge in [0, 0.05) is 20.3 Å². The van der Waals surface area contributed by atoms with E-state index >= 15 is 0 Å². The maximum Gasteiger partial charge on any atom is 0.320 e. The Morgan fingerprint density at radius 1 is 1.44 bits per heavy atom. The summed E-state index contributed by atoms with van der Waals surface area (Å²) in [6.45, 7) is 5.00. The second-order valence-corrected chi connectivity index (χ2v) is 4.29. The van der Waals surface area contributed by atoms with E-state index in [9.17, 15) is 4.79 Å². The highest BCUT2D eigenvalue weighted by molar-refractivity contribution is 5.73. The van der Waals surface area contributed by atoms with E-state index in [1.807, 2.05) is 13.8 Å². The molecule has 16 heavy (non-hydrogen) atoms. The third-order valence-electron chi connectivity index (χ3n) is 2.60. The van der Waals surface area contributed by atoms with Crippen molar-refractivity contribution in [1.82, 2.24) is 5.32 Å². The lowest BCUT2D eigenvalue weighted by Crippen LogP contribution is -2.35. The number of hydrogen-bond donors (Lipinski definition) is 2. The van der Waals surface area contributed by atoms with Gasteiger partial charge in [-0.1, -0.05) is 0 Å². The first-order valence-corrected chi connectivity index (χ1v) is 5.46. The van der Waals surface area contributed by atoms with Gasteiger partial charge in [-0.15, -0.1) is 0 Å². The van der Waals surface area contributed by atoms with Gasteiger partial charge < -0.3 is 19.9 Å². The first-order valence-electron chi connectivity index (χ1n) is 5.46. The standard InChI is InChI=1S/C11H23NO4/c1-11(2,15-4)6-8-16-7-5-9(12-3)10(13)14/h9,12H,5-8H2,1-4H3,(H,13,14). The number of rotatable bonds is 9. The van der Waals surface area contributed by atoms with Crippen molar-refractivity contribution in [2.24, 2.45) is 0 Å². The summed E-state index contributed by atoms with van der Waals surface area (Å²) in [6.07, 6.45) is 1.26. The fraction of sp³-hybridized carbons (Fsp3) is 0.909. The fourth-order valence-electron chi connectivity index (χ4n) is 1.11. The predicted molar refractivity (Wildman–Crippen MR) is 61.6 cm³/mol. The van der Waals surface area contributed by atoms with Crippen LogP contribution in [0.3, 0.4) is 0 Å². The number of methoxy groups -OCH3 is 1. The number of nitrogens with one attached hydrogen (secondary N) is 1. The monoisotopic (exact) mass is 233 g/mol. The summed E-state index contributed by atoms with van der Waals surface area (Å²) in [7, 11) is 3.30. The van der Waals surface area contributed by atoms with Gasteiger partial charge in [-0.2, -0.15) is 0 Å². The van der Waals surface area contributed by atoms with Crippen LogP contribution in [0.2, 0.25) is 0 Å². The number of ether oxygens (including phenoxy) is 2. The minimum Gasteiger partial charge on any atom is -0.480 e. The summed E-state index contributed by atoms with van der Waals surface area (Å²) in [5, 5.41) is 11.5. The van der Waals surface area contributed by atoms with Crippen molar-refractivity contribution in [3.8, 4) is 0 Å². The first-order chi connectivity index (χ1) is 7.43. The summed E-state index contributed by atoms with van der Waals surface area (Å²) in [5.41, 5.74) is -0.185. The fourth-order valence-corrected chi connectivity index (χ4v) is 1.11. The Kier molecular flexibility index (Phi) is 7.29. The number of carbonyl (C=O) groups is 1. The molecule has 0 saturated heterocycles. The van der Waals surface area contributed by atoms with Crippen molar-refractivity contribution in [3.05, 3.63) is 0 Å². The van der Waals surface area contributed by atoms with Crippen molar-refractivity contribution in [2.75, 3.05) is 27.4 Å². The van der Waals surface area contributed by atoms with E-state index in [2.05, 4.69) is 5.32 Å². The molecule has 0 spiro atoms. The molecule has 0 bridgehead atoms. The van der Waals surface area contributed by atoms with Crippen LogP contribution < -0.4 is 5.32 Å². The Morgan fingerprint density at radius 2 is 2.06 bits per heavy atom. The molecule has 96 valence electrons. The lowest BCUT2D eigenvalue weighted by Gasteiger charge is -2.22. The third kappa shape index (κ3) is 6.76. The highest BCUT2D eigenvalue weighted by atomic mass is 16.5. The number of likely N-dealkylation sites (N-methyl/N-ethyl adjacent to an activating group) is 1. The van der Waals surface area contributed by atoms with E-state index in [0.29, 0.717) is 19.6 Å². The second-order valence-electron chi connectivity index (χ2n) is 4.29. The molecule has 0 radical (unpaired) electrons. The highest BCUT2D eigenvalue weighted by Gasteiger charge is 2.17. The van der Waals surface area contributed by atoms with Crippen molar-refractivity contribution >= 4 is 5.97 Å². The molecule has 2 N–H and O–H groups in total. The number of hydrogen-bond acceptors (Lipinski definition) is 4. The van der Waals surface area contributed by atoms with E-state index in [4.69, 9.17) is 14.6 Å². The molecule has 5 nitrogen and oxygen atoms in total. The van der Waals surface area contributed by atoms with Crippen molar-refractivity contribution < 1.29 is 19.4 Å². The zero-order valence-electron chi connectivity index (χ0n) is 10.6. The lowest BCUT2D eigenvalue weighted by molar-refractivity contribution is -0.139. The van der Waals surface area contributed by atoms with Gasteiger partial charge in [0.2, 0.25) is 0 Å². The first kappa shape index (κ1) is 15.3. The van der Waals surface area contributed by atoms with E-state index in [1.165, 1.54) is 0 Å². The molecule has 5 heteroatoms. The molecular formula is C11H23NO4. The van der Waals surface area contributed by atoms with E-state index in [-0.39, 0.29) is 5.60 Å². The Balaban J connectivity index is 3.57. The number of carboxylic acids is 1. The largest absolute Gasteiger partial charge is 0.480 e. The van der Waals surface area contributed by atoms with Crippen LogP contribution in [0, 0.1) is 0 Å². The average Bonchev–Trinajstić information content (AvgIpc) is 2.22. The highest BCUT2D eigenvalue weighted by Crippen LogP contribution is 2.12. The maximum absolute atomic E-state index is 10.7. The summed E-state index contributed by atoms with van der Waals surface area (Å²) in [4.78, 5) is 10.7. The topological polar surface area (TPSA) is 67.8 Å². The van der Waals surface area contributed by atoms with Crippen LogP contribution in [0.4, 0.5) is 0 Å². The molecule has 0 aromatic heterocycles. The Hall–Kier alpha value is -0.650. The normalized spacial score (nSPS) is 13.8. The minimum atomic E-state index is -0.844. The molecule has 0 aromatic rings. The summed E-state index contributed by atoms with van der Waals surface area (Å²) in [6, 6.07) is -0.532. The average molecular weight is 233 g/mol. The molecule has 0 amide bonds. The second kappa shape index (κ2) is 7.60. The van der Waals surface area contributed by atoms with Crippen LogP contribution in [0.25, 0.3) is 0 Å². The maximum atomic E-state index is 10.7. The van der Waals surface area contributed by atoms with Gasteiger partial charge in [-0.25, -0.2) is 0 Å². The smallest absolute Gasteiger partial charge is 0.320 e. The number of aliphatic carboxylic acids is 1. The third-order valence-corrected chi connectivity index (χ3v) is 2.60. The van der Waals surface area contributed by atoms with E-state index in [0.717, 1.165) is 6.42 Å². The van der Waals surface area contributed by atoms with Gasteiger partial charge in [0.05, 0.1) is 5.60 Å². The van der Waals surface area contributed by atoms with Crippen LogP contribution in [0.1, 0.15) is 26.7 Å². The molecule has 1 atom stereocenters. The Labute approximate surface area is 97.1 Å². The van der Waals surface area contributed by atoms with Crippen LogP contribution in [0.15, 0.2) is 0 Å². The zero-order chi connectivity index (χ0) is 12.6. The molecule has 0 fully saturated rings. The van der Waals surface area contributed by atoms with Crippen LogP contribution in [0.5, 0.6) is 0 Å². The molecular weight excluding hydrogens is 210 g/mol. The predicted octanol–water partition coefficient (Wildman–Crippen LogP) is 0.881. The van der Waals surface area contributed by atoms with Crippen molar-refractivity contribution in [1.29, 1.82) is 0 Å². The zero-order valence-corrected chi connectivity index (χ0v) is 10.6. The van der Waals surface area contributed by atoms with Gasteiger partial charge in [-0.3, -0.25) is 4.79 Å². The van der Waals surface area contributed by atoms with Gasteiger partial charge >= 0.3 is 5.97 Å². The molecule has 0 aromatic carbocycles. The van der Waals surface area contributed by atoms with Gasteiger partial charge in [-0.05, 0) is 33.7 Å². The van der Waals surface area contributed by atoms with Crippen molar-refractivity contribution in [3.63, 3.8) is 0 Å². The summed E-state index contributed by atoms with van der Waals surface area (Å²) >= 11 is 0. The molecule has 0 heterocycles. The van der Waals surface area contributed by atoms with Crippen LogP contribution >= 0.6 is 0 Å². The van der Waals surface area contributed by atoms with Crippen LogP contribution in [-0.4, -0.2) is 50.1 Å². The lowest BCUT2D eigenvalue weighted by atomic mass is 10.1. The SMILES string of the molecule is CNC(CCOCCC(C)(C)OC)C(=O)O. The quantitative estimate of drug-likeness (QED) is 0.579.